The highest BCUT2D eigenvalue weighted by atomic mass is 16.6. The van der Waals surface area contributed by atoms with E-state index in [2.05, 4.69) is 45.4 Å². The fourth-order valence-electron chi connectivity index (χ4n) is 6.43. The first-order chi connectivity index (χ1) is 24.3. The second-order valence-electron chi connectivity index (χ2n) is 17.0. The van der Waals surface area contributed by atoms with E-state index in [0.29, 0.717) is 58.8 Å². The van der Waals surface area contributed by atoms with Crippen LogP contribution in [-0.2, 0) is 33.7 Å². The van der Waals surface area contributed by atoms with Crippen molar-refractivity contribution in [3.8, 4) is 0 Å². The number of hydrogen-bond donors (Lipinski definition) is 1. The van der Waals surface area contributed by atoms with E-state index >= 15 is 0 Å². The Bertz CT molecular complexity index is 1500. The van der Waals surface area contributed by atoms with E-state index in [9.17, 15) is 14.4 Å². The molecule has 12 nitrogen and oxygen atoms in total. The third-order valence-corrected chi connectivity index (χ3v) is 8.77. The monoisotopic (exact) mass is 722 g/mol. The maximum atomic E-state index is 13.8. The fraction of sp³-hybridized carbons (Fsp3) is 0.650. The number of ether oxygens (including phenoxy) is 3. The molecule has 2 aromatic rings. The van der Waals surface area contributed by atoms with Crippen LogP contribution in [0.25, 0.3) is 0 Å². The number of carbonyl (C=O) groups is 3. The van der Waals surface area contributed by atoms with E-state index in [0.717, 1.165) is 41.9 Å². The van der Waals surface area contributed by atoms with Crippen LogP contribution >= 0.6 is 0 Å². The van der Waals surface area contributed by atoms with Gasteiger partial charge in [0.1, 0.15) is 16.8 Å². The minimum Gasteiger partial charge on any atom is -0.444 e. The Morgan fingerprint density at radius 1 is 0.846 bits per heavy atom. The molecule has 0 unspecified atom stereocenters. The first-order valence-corrected chi connectivity index (χ1v) is 18.7. The third kappa shape index (κ3) is 12.9. The Morgan fingerprint density at radius 2 is 1.50 bits per heavy atom. The number of hydrogen-bond acceptors (Lipinski definition) is 9. The van der Waals surface area contributed by atoms with E-state index in [1.165, 1.54) is 5.56 Å². The highest BCUT2D eigenvalue weighted by Gasteiger charge is 2.36. The molecule has 3 amide bonds. The first-order valence-electron chi connectivity index (χ1n) is 18.7. The van der Waals surface area contributed by atoms with Crippen LogP contribution in [0.5, 0.6) is 0 Å². The number of aromatic nitrogens is 1. The van der Waals surface area contributed by atoms with E-state index in [4.69, 9.17) is 19.2 Å². The summed E-state index contributed by atoms with van der Waals surface area (Å²) in [6.45, 7) is 24.4. The largest absolute Gasteiger partial charge is 0.444 e. The van der Waals surface area contributed by atoms with Gasteiger partial charge in [0.05, 0.1) is 11.7 Å². The van der Waals surface area contributed by atoms with Crippen molar-refractivity contribution in [2.45, 2.75) is 124 Å². The van der Waals surface area contributed by atoms with Crippen LogP contribution in [0, 0.1) is 6.92 Å². The summed E-state index contributed by atoms with van der Waals surface area (Å²) in [7, 11) is 0. The summed E-state index contributed by atoms with van der Waals surface area (Å²) in [5.41, 5.74) is 3.82. The number of aryl methyl sites for hydroxylation is 1. The molecule has 3 heterocycles. The Balaban J connectivity index is 1.53. The third-order valence-electron chi connectivity index (χ3n) is 8.77. The van der Waals surface area contributed by atoms with Crippen LogP contribution in [0.2, 0.25) is 0 Å². The zero-order valence-corrected chi connectivity index (χ0v) is 33.2. The van der Waals surface area contributed by atoms with Crippen molar-refractivity contribution in [3.05, 3.63) is 58.9 Å². The Labute approximate surface area is 311 Å². The van der Waals surface area contributed by atoms with Gasteiger partial charge < -0.3 is 29.3 Å². The molecule has 12 heteroatoms. The smallest absolute Gasteiger partial charge is 0.410 e. The predicted octanol–water partition coefficient (Wildman–Crippen LogP) is 6.92. The molecule has 0 spiro atoms. The van der Waals surface area contributed by atoms with Crippen LogP contribution in [0.1, 0.15) is 97.5 Å². The second kappa shape index (κ2) is 17.2. The van der Waals surface area contributed by atoms with Gasteiger partial charge in [0.15, 0.2) is 0 Å². The number of carbonyl (C=O) groups excluding carboxylic acids is 3. The lowest BCUT2D eigenvalue weighted by molar-refractivity contribution is 0.00707. The van der Waals surface area contributed by atoms with Crippen molar-refractivity contribution in [2.75, 3.05) is 50.7 Å². The molecule has 1 N–H and O–H groups in total. The lowest BCUT2D eigenvalue weighted by Crippen LogP contribution is -2.52. The van der Waals surface area contributed by atoms with Crippen LogP contribution < -0.4 is 10.2 Å². The average molecular weight is 723 g/mol. The zero-order chi connectivity index (χ0) is 38.3. The van der Waals surface area contributed by atoms with Crippen molar-refractivity contribution >= 4 is 24.0 Å². The van der Waals surface area contributed by atoms with E-state index in [1.807, 2.05) is 80.3 Å². The van der Waals surface area contributed by atoms with Crippen LogP contribution in [0.4, 0.5) is 20.1 Å². The number of rotatable bonds is 10. The normalized spacial score (nSPS) is 16.8. The number of pyridine rings is 1. The lowest BCUT2D eigenvalue weighted by atomic mass is 9.91. The Hall–Kier alpha value is -4.06. The molecule has 0 radical (unpaired) electrons. The lowest BCUT2D eigenvalue weighted by Gasteiger charge is -2.42. The molecule has 1 atom stereocenters. The molecular weight excluding hydrogens is 660 g/mol. The Morgan fingerprint density at radius 3 is 2.12 bits per heavy atom. The summed E-state index contributed by atoms with van der Waals surface area (Å²) in [5.74, 6) is 0. The molecule has 1 aromatic heterocycles. The number of nitrogens with one attached hydrogen (secondary N) is 1. The van der Waals surface area contributed by atoms with Crippen LogP contribution in [-0.4, -0.2) is 107 Å². The van der Waals surface area contributed by atoms with E-state index in [1.54, 1.807) is 4.90 Å². The van der Waals surface area contributed by atoms with Crippen molar-refractivity contribution in [1.29, 1.82) is 0 Å². The zero-order valence-electron chi connectivity index (χ0n) is 33.2. The highest BCUT2D eigenvalue weighted by molar-refractivity contribution is 5.71. The fourth-order valence-corrected chi connectivity index (χ4v) is 6.43. The van der Waals surface area contributed by atoms with Gasteiger partial charge in [-0.2, -0.15) is 0 Å². The number of amides is 3. The SMILES string of the molecule is Cc1ccc(CN(CCCCNC(=O)OC(C)(C)C)C[C@H]2Cc3c(cccc3N3CCN(C(=O)OC(C)(C)C)CC3)CN2C(=O)OC(C)(C)C)nc1. The van der Waals surface area contributed by atoms with E-state index < -0.39 is 22.9 Å². The number of fused-ring (bicyclic) bond motifs is 1. The van der Waals surface area contributed by atoms with Gasteiger partial charge >= 0.3 is 18.3 Å². The molecule has 1 saturated heterocycles. The molecule has 0 bridgehead atoms. The molecule has 1 aromatic carbocycles. The number of anilines is 1. The summed E-state index contributed by atoms with van der Waals surface area (Å²) < 4.78 is 17.0. The molecule has 0 aliphatic carbocycles. The maximum Gasteiger partial charge on any atom is 0.410 e. The van der Waals surface area contributed by atoms with Gasteiger partial charge in [0.25, 0.3) is 0 Å². The quantitative estimate of drug-likeness (QED) is 0.206. The number of piperazine rings is 1. The summed E-state index contributed by atoms with van der Waals surface area (Å²) in [5, 5.41) is 2.87. The molecule has 52 heavy (non-hydrogen) atoms. The molecular formula is C40H62N6O6. The topological polar surface area (TPSA) is 117 Å². The molecule has 4 rings (SSSR count). The van der Waals surface area contributed by atoms with Gasteiger partial charge in [-0.15, -0.1) is 0 Å². The summed E-state index contributed by atoms with van der Waals surface area (Å²) in [6, 6.07) is 10.3. The minimum atomic E-state index is -0.635. The van der Waals surface area contributed by atoms with Gasteiger partial charge in [-0.05, 0) is 124 Å². The standard InChI is InChI=1S/C40H62N6O6/c1-29-16-17-31(42-25-29)27-43(19-12-11-18-41-35(47)50-38(2,3)4)28-32-24-33-30(26-46(32)37(49)52-40(8,9)10)14-13-15-34(33)44-20-22-45(23-21-44)36(48)51-39(5,6)7/h13-17,25,32H,11-12,18-24,26-28H2,1-10H3,(H,41,47)/t32-/m1/s1. The molecule has 288 valence electrons. The van der Waals surface area contributed by atoms with Crippen LogP contribution in [0.3, 0.4) is 0 Å². The number of benzene rings is 1. The van der Waals surface area contributed by atoms with Gasteiger partial charge in [-0.3, -0.25) is 14.8 Å². The number of alkyl carbamates (subject to hydrolysis) is 1. The van der Waals surface area contributed by atoms with E-state index in [-0.39, 0.29) is 18.2 Å². The molecule has 1 fully saturated rings. The van der Waals surface area contributed by atoms with Gasteiger partial charge in [0, 0.05) is 64.2 Å². The number of unbranched alkanes of at least 4 members (excludes halogenated alkanes) is 1. The minimum absolute atomic E-state index is 0.156. The average Bonchev–Trinajstić information content (AvgIpc) is 3.02. The van der Waals surface area contributed by atoms with Gasteiger partial charge in [-0.25, -0.2) is 14.4 Å². The second-order valence-corrected chi connectivity index (χ2v) is 17.0. The van der Waals surface area contributed by atoms with Crippen molar-refractivity contribution in [2.24, 2.45) is 0 Å². The summed E-state index contributed by atoms with van der Waals surface area (Å²) >= 11 is 0. The van der Waals surface area contributed by atoms with Crippen molar-refractivity contribution in [1.82, 2.24) is 25.0 Å². The molecule has 0 saturated carbocycles. The van der Waals surface area contributed by atoms with Gasteiger partial charge in [0.2, 0.25) is 0 Å². The maximum absolute atomic E-state index is 13.8. The predicted molar refractivity (Wildman–Crippen MR) is 203 cm³/mol. The van der Waals surface area contributed by atoms with Gasteiger partial charge in [-0.1, -0.05) is 18.2 Å². The molecule has 2 aliphatic heterocycles. The summed E-state index contributed by atoms with van der Waals surface area (Å²) in [4.78, 5) is 51.9. The van der Waals surface area contributed by atoms with Crippen LogP contribution in [0.15, 0.2) is 36.5 Å². The van der Waals surface area contributed by atoms with Crippen molar-refractivity contribution in [3.63, 3.8) is 0 Å². The number of nitrogens with zero attached hydrogens (tertiary/aromatic N) is 5. The highest BCUT2D eigenvalue weighted by Crippen LogP contribution is 2.34. The summed E-state index contributed by atoms with van der Waals surface area (Å²) in [6.07, 6.45) is 3.15. The molecule has 2 aliphatic rings. The Kier molecular flexibility index (Phi) is 13.4. The first kappa shape index (κ1) is 40.7. The van der Waals surface area contributed by atoms with Crippen molar-refractivity contribution < 1.29 is 28.6 Å².